The molecule has 0 radical (unpaired) electrons. The second-order valence-corrected chi connectivity index (χ2v) is 8.60. The average molecular weight is 469 g/mol. The third-order valence-electron chi connectivity index (χ3n) is 5.97. The summed E-state index contributed by atoms with van der Waals surface area (Å²) in [6.07, 6.45) is 1.89. The molecule has 1 atom stereocenters. The van der Waals surface area contributed by atoms with Crippen molar-refractivity contribution in [2.45, 2.75) is 32.2 Å². The molecule has 178 valence electrons. The summed E-state index contributed by atoms with van der Waals surface area (Å²) < 4.78 is 38.3. The molecule has 1 saturated heterocycles. The van der Waals surface area contributed by atoms with Crippen LogP contribution in [0.2, 0.25) is 0 Å². The highest BCUT2D eigenvalue weighted by atomic mass is 19.3. The zero-order valence-corrected chi connectivity index (χ0v) is 18.8. The molecular formula is C26H26F2N2O4. The smallest absolute Gasteiger partial charge is 0.272 e. The molecule has 6 nitrogen and oxygen atoms in total. The number of alkyl halides is 2. The quantitative estimate of drug-likeness (QED) is 0.409. The van der Waals surface area contributed by atoms with Crippen LogP contribution in [0.1, 0.15) is 41.4 Å². The van der Waals surface area contributed by atoms with Gasteiger partial charge in [-0.2, -0.15) is 0 Å². The lowest BCUT2D eigenvalue weighted by molar-refractivity contribution is -0.131. The number of furan rings is 1. The minimum Gasteiger partial charge on any atom is -0.461 e. The van der Waals surface area contributed by atoms with Crippen LogP contribution in [0, 0.1) is 5.41 Å². The molecule has 0 bridgehead atoms. The standard InChI is InChI=1S/C26H26F2N2O4/c1-25(27,28)20-5-2-3-6-21(20)30-19-10-8-18(9-11-19)16-29-24(32)26(12-14-33-17-26)15-22(31)23-7-4-13-34-23/h2-11,13,30H,12,14-17H2,1H3,(H,29,32)/t26-/m0/s1. The molecule has 1 fully saturated rings. The number of hydrogen-bond acceptors (Lipinski definition) is 5. The number of Topliss-reactive ketones (excluding diaryl/α,β-unsaturated/α-hetero) is 1. The van der Waals surface area contributed by atoms with E-state index < -0.39 is 11.3 Å². The maximum absolute atomic E-state index is 13.9. The number of carbonyl (C=O) groups is 2. The lowest BCUT2D eigenvalue weighted by Crippen LogP contribution is -2.42. The van der Waals surface area contributed by atoms with E-state index in [-0.39, 0.29) is 42.6 Å². The SMILES string of the molecule is CC(F)(F)c1ccccc1Nc1ccc(CNC(=O)[C@]2(CC(=O)c3ccco3)CCOC2)cc1. The number of amides is 1. The van der Waals surface area contributed by atoms with Gasteiger partial charge in [0.2, 0.25) is 5.91 Å². The van der Waals surface area contributed by atoms with Gasteiger partial charge in [0, 0.05) is 43.4 Å². The van der Waals surface area contributed by atoms with Gasteiger partial charge >= 0.3 is 0 Å². The van der Waals surface area contributed by atoms with E-state index in [1.807, 2.05) is 0 Å². The lowest BCUT2D eigenvalue weighted by atomic mass is 9.80. The van der Waals surface area contributed by atoms with E-state index >= 15 is 0 Å². The predicted octanol–water partition coefficient (Wildman–Crippen LogP) is 5.43. The Morgan fingerprint density at radius 2 is 1.82 bits per heavy atom. The molecule has 2 N–H and O–H groups in total. The molecular weight excluding hydrogens is 442 g/mol. The Kier molecular flexibility index (Phi) is 6.79. The molecule has 1 aliphatic rings. The first-order chi connectivity index (χ1) is 16.3. The van der Waals surface area contributed by atoms with Gasteiger partial charge in [-0.3, -0.25) is 9.59 Å². The highest BCUT2D eigenvalue weighted by molar-refractivity contribution is 5.98. The van der Waals surface area contributed by atoms with Crippen LogP contribution in [0.25, 0.3) is 0 Å². The molecule has 4 rings (SSSR count). The van der Waals surface area contributed by atoms with Crippen molar-refractivity contribution in [1.82, 2.24) is 5.32 Å². The molecule has 2 heterocycles. The van der Waals surface area contributed by atoms with Crippen LogP contribution in [0.3, 0.4) is 0 Å². The Hall–Kier alpha value is -3.52. The van der Waals surface area contributed by atoms with Crippen LogP contribution >= 0.6 is 0 Å². The minimum absolute atomic E-state index is 0.0106. The average Bonchev–Trinajstić information content (AvgIpc) is 3.51. The number of ether oxygens (including phenoxy) is 1. The Morgan fingerprint density at radius 3 is 2.47 bits per heavy atom. The van der Waals surface area contributed by atoms with Crippen molar-refractivity contribution in [3.63, 3.8) is 0 Å². The molecule has 3 aromatic rings. The fraction of sp³-hybridized carbons (Fsp3) is 0.308. The Morgan fingerprint density at radius 1 is 1.06 bits per heavy atom. The van der Waals surface area contributed by atoms with Crippen molar-refractivity contribution in [2.24, 2.45) is 5.41 Å². The molecule has 34 heavy (non-hydrogen) atoms. The first-order valence-electron chi connectivity index (χ1n) is 11.0. The largest absolute Gasteiger partial charge is 0.461 e. The Balaban J connectivity index is 1.38. The Bertz CT molecular complexity index is 1130. The summed E-state index contributed by atoms with van der Waals surface area (Å²) in [6, 6.07) is 16.6. The highest BCUT2D eigenvalue weighted by Crippen LogP contribution is 2.35. The van der Waals surface area contributed by atoms with Gasteiger partial charge in [-0.05, 0) is 42.3 Å². The maximum Gasteiger partial charge on any atom is 0.272 e. The van der Waals surface area contributed by atoms with Crippen molar-refractivity contribution < 1.29 is 27.5 Å². The number of halogens is 2. The number of carbonyl (C=O) groups excluding carboxylic acids is 2. The summed E-state index contributed by atoms with van der Waals surface area (Å²) in [5.41, 5.74) is 0.802. The first-order valence-corrected chi connectivity index (χ1v) is 11.0. The first kappa shape index (κ1) is 23.6. The number of benzene rings is 2. The maximum atomic E-state index is 13.9. The highest BCUT2D eigenvalue weighted by Gasteiger charge is 2.44. The predicted molar refractivity (Wildman–Crippen MR) is 123 cm³/mol. The summed E-state index contributed by atoms with van der Waals surface area (Å²) in [7, 11) is 0. The molecule has 1 aromatic heterocycles. The monoisotopic (exact) mass is 468 g/mol. The van der Waals surface area contributed by atoms with Crippen molar-refractivity contribution >= 4 is 23.1 Å². The Labute approximate surface area is 196 Å². The topological polar surface area (TPSA) is 80.6 Å². The van der Waals surface area contributed by atoms with Gasteiger partial charge in [0.05, 0.1) is 18.3 Å². The molecule has 0 unspecified atom stereocenters. The van der Waals surface area contributed by atoms with Crippen molar-refractivity contribution in [2.75, 3.05) is 18.5 Å². The van der Waals surface area contributed by atoms with Gasteiger partial charge in [0.1, 0.15) is 0 Å². The number of anilines is 2. The van der Waals surface area contributed by atoms with Gasteiger partial charge in [-0.25, -0.2) is 8.78 Å². The number of ketones is 1. The number of rotatable bonds is 9. The summed E-state index contributed by atoms with van der Waals surface area (Å²) >= 11 is 0. The number of nitrogens with one attached hydrogen (secondary N) is 2. The summed E-state index contributed by atoms with van der Waals surface area (Å²) in [5, 5.41) is 5.94. The van der Waals surface area contributed by atoms with Crippen LogP contribution in [0.5, 0.6) is 0 Å². The van der Waals surface area contributed by atoms with E-state index in [1.165, 1.54) is 12.3 Å². The fourth-order valence-corrected chi connectivity index (χ4v) is 4.04. The normalized spacial score (nSPS) is 18.0. The zero-order valence-electron chi connectivity index (χ0n) is 18.8. The fourth-order valence-electron chi connectivity index (χ4n) is 4.04. The van der Waals surface area contributed by atoms with E-state index in [0.29, 0.717) is 24.4 Å². The molecule has 0 spiro atoms. The van der Waals surface area contributed by atoms with Crippen molar-refractivity contribution in [3.8, 4) is 0 Å². The van der Waals surface area contributed by atoms with Gasteiger partial charge in [-0.1, -0.05) is 30.3 Å². The molecule has 8 heteroatoms. The zero-order chi connectivity index (χ0) is 24.2. The van der Waals surface area contributed by atoms with E-state index in [0.717, 1.165) is 12.5 Å². The van der Waals surface area contributed by atoms with Crippen LogP contribution in [0.4, 0.5) is 20.2 Å². The van der Waals surface area contributed by atoms with Crippen LogP contribution in [-0.4, -0.2) is 24.9 Å². The summed E-state index contributed by atoms with van der Waals surface area (Å²) in [4.78, 5) is 25.6. The van der Waals surface area contributed by atoms with Crippen molar-refractivity contribution in [1.29, 1.82) is 0 Å². The second kappa shape index (κ2) is 9.77. The second-order valence-electron chi connectivity index (χ2n) is 8.60. The van der Waals surface area contributed by atoms with Crippen LogP contribution in [-0.2, 0) is 22.0 Å². The van der Waals surface area contributed by atoms with Gasteiger partial charge in [0.25, 0.3) is 5.92 Å². The van der Waals surface area contributed by atoms with E-state index in [2.05, 4.69) is 10.6 Å². The van der Waals surface area contributed by atoms with Crippen LogP contribution < -0.4 is 10.6 Å². The van der Waals surface area contributed by atoms with Gasteiger partial charge < -0.3 is 19.8 Å². The minimum atomic E-state index is -2.97. The van der Waals surface area contributed by atoms with Gasteiger partial charge in [0.15, 0.2) is 11.5 Å². The van der Waals surface area contributed by atoms with E-state index in [9.17, 15) is 18.4 Å². The third-order valence-corrected chi connectivity index (χ3v) is 5.97. The molecule has 0 aliphatic carbocycles. The molecule has 1 aliphatic heterocycles. The van der Waals surface area contributed by atoms with E-state index in [1.54, 1.807) is 54.6 Å². The molecule has 2 aromatic carbocycles. The molecule has 1 amide bonds. The number of hydrogen-bond donors (Lipinski definition) is 2. The van der Waals surface area contributed by atoms with Crippen molar-refractivity contribution in [3.05, 3.63) is 83.8 Å². The molecule has 0 saturated carbocycles. The summed E-state index contributed by atoms with van der Waals surface area (Å²) in [5.74, 6) is -3.22. The number of para-hydroxylation sites is 1. The van der Waals surface area contributed by atoms with E-state index in [4.69, 9.17) is 9.15 Å². The lowest BCUT2D eigenvalue weighted by Gasteiger charge is -2.25. The third kappa shape index (κ3) is 5.34. The van der Waals surface area contributed by atoms with Crippen LogP contribution in [0.15, 0.2) is 71.3 Å². The summed E-state index contributed by atoms with van der Waals surface area (Å²) in [6.45, 7) is 1.72. The van der Waals surface area contributed by atoms with Gasteiger partial charge in [-0.15, -0.1) is 0 Å².